The fourth-order valence-corrected chi connectivity index (χ4v) is 7.98. The van der Waals surface area contributed by atoms with Crippen molar-refractivity contribution in [3.63, 3.8) is 0 Å². The molecule has 1 nitrogen and oxygen atoms in total. The standard InChI is InChI=1S/C20H35N/c1-18-9-16-10-19(2,12-18)14-20(11-16,13-18)17(21)8-15-6-4-3-5-7-15/h15-17H,3-14,21H2,1-2H3. The fraction of sp³-hybridized carbons (Fsp3) is 1.00. The van der Waals surface area contributed by atoms with Crippen LogP contribution in [-0.4, -0.2) is 6.04 Å². The van der Waals surface area contributed by atoms with Gasteiger partial charge in [-0.2, -0.15) is 0 Å². The van der Waals surface area contributed by atoms with Gasteiger partial charge in [-0.25, -0.2) is 0 Å². The smallest absolute Gasteiger partial charge is 0.00987 e. The summed E-state index contributed by atoms with van der Waals surface area (Å²) < 4.78 is 0. The number of hydrogen-bond donors (Lipinski definition) is 1. The molecule has 5 rings (SSSR count). The summed E-state index contributed by atoms with van der Waals surface area (Å²) in [6.45, 7) is 5.16. The van der Waals surface area contributed by atoms with Crippen molar-refractivity contribution >= 4 is 0 Å². The fourth-order valence-electron chi connectivity index (χ4n) is 7.98. The highest BCUT2D eigenvalue weighted by atomic mass is 14.8. The van der Waals surface area contributed by atoms with E-state index in [1.165, 1.54) is 77.0 Å². The molecule has 3 atom stereocenters. The molecule has 1 heteroatoms. The minimum Gasteiger partial charge on any atom is -0.327 e. The molecule has 0 spiro atoms. The Morgan fingerprint density at radius 2 is 1.52 bits per heavy atom. The molecule has 21 heavy (non-hydrogen) atoms. The molecule has 0 radical (unpaired) electrons. The minimum atomic E-state index is 0.489. The first kappa shape index (κ1) is 14.5. The van der Waals surface area contributed by atoms with E-state index in [4.69, 9.17) is 5.73 Å². The number of hydrogen-bond acceptors (Lipinski definition) is 1. The van der Waals surface area contributed by atoms with E-state index in [-0.39, 0.29) is 0 Å². The van der Waals surface area contributed by atoms with Gasteiger partial charge in [0, 0.05) is 6.04 Å². The predicted octanol–water partition coefficient (Wildman–Crippen LogP) is 5.28. The summed E-state index contributed by atoms with van der Waals surface area (Å²) in [5, 5.41) is 0. The Kier molecular flexibility index (Phi) is 3.27. The lowest BCUT2D eigenvalue weighted by Gasteiger charge is -2.67. The van der Waals surface area contributed by atoms with Crippen molar-refractivity contribution in [3.8, 4) is 0 Å². The average molecular weight is 290 g/mol. The largest absolute Gasteiger partial charge is 0.327 e. The van der Waals surface area contributed by atoms with E-state index < -0.39 is 0 Å². The summed E-state index contributed by atoms with van der Waals surface area (Å²) >= 11 is 0. The highest BCUT2D eigenvalue weighted by Crippen LogP contribution is 2.70. The Labute approximate surface area is 131 Å². The maximum atomic E-state index is 6.92. The highest BCUT2D eigenvalue weighted by Gasteiger charge is 2.61. The summed E-state index contributed by atoms with van der Waals surface area (Å²) in [6.07, 6.45) is 17.5. The van der Waals surface area contributed by atoms with Crippen molar-refractivity contribution in [2.75, 3.05) is 0 Å². The van der Waals surface area contributed by atoms with Crippen molar-refractivity contribution in [2.24, 2.45) is 33.8 Å². The zero-order valence-electron chi connectivity index (χ0n) is 14.3. The van der Waals surface area contributed by atoms with E-state index in [2.05, 4.69) is 13.8 Å². The van der Waals surface area contributed by atoms with Gasteiger partial charge in [0.2, 0.25) is 0 Å². The normalized spacial score (nSPS) is 51.3. The second kappa shape index (κ2) is 4.73. The second-order valence-corrected chi connectivity index (χ2v) is 10.3. The molecule has 120 valence electrons. The van der Waals surface area contributed by atoms with Crippen LogP contribution in [-0.2, 0) is 0 Å². The molecule has 5 fully saturated rings. The van der Waals surface area contributed by atoms with Crippen molar-refractivity contribution in [3.05, 3.63) is 0 Å². The molecule has 4 bridgehead atoms. The van der Waals surface area contributed by atoms with Crippen LogP contribution >= 0.6 is 0 Å². The molecule has 3 unspecified atom stereocenters. The summed E-state index contributed by atoms with van der Waals surface area (Å²) in [5.74, 6) is 1.94. The SMILES string of the molecule is CC12CC3CC(C)(C1)CC(C(N)CC1CCCCC1)(C3)C2. The Morgan fingerprint density at radius 1 is 0.905 bits per heavy atom. The lowest BCUT2D eigenvalue weighted by Crippen LogP contribution is -2.60. The molecule has 5 aliphatic carbocycles. The molecule has 0 amide bonds. The zero-order chi connectivity index (χ0) is 14.7. The van der Waals surface area contributed by atoms with Crippen LogP contribution < -0.4 is 5.73 Å². The van der Waals surface area contributed by atoms with Gasteiger partial charge in [-0.1, -0.05) is 46.0 Å². The van der Waals surface area contributed by atoms with Crippen LogP contribution in [0.3, 0.4) is 0 Å². The van der Waals surface area contributed by atoms with E-state index in [0.29, 0.717) is 22.3 Å². The summed E-state index contributed by atoms with van der Waals surface area (Å²) in [4.78, 5) is 0. The van der Waals surface area contributed by atoms with Crippen molar-refractivity contribution < 1.29 is 0 Å². The molecule has 5 aliphatic rings. The maximum absolute atomic E-state index is 6.92. The first-order chi connectivity index (χ1) is 9.91. The highest BCUT2D eigenvalue weighted by molar-refractivity contribution is 5.13. The van der Waals surface area contributed by atoms with Gasteiger partial charge in [0.25, 0.3) is 0 Å². The summed E-state index contributed by atoms with van der Waals surface area (Å²) in [5.41, 5.74) is 8.68. The molecule has 0 heterocycles. The first-order valence-electron chi connectivity index (χ1n) is 9.66. The monoisotopic (exact) mass is 289 g/mol. The van der Waals surface area contributed by atoms with E-state index in [1.54, 1.807) is 0 Å². The first-order valence-corrected chi connectivity index (χ1v) is 9.66. The zero-order valence-corrected chi connectivity index (χ0v) is 14.3. The van der Waals surface area contributed by atoms with Crippen molar-refractivity contribution in [1.29, 1.82) is 0 Å². The third-order valence-corrected chi connectivity index (χ3v) is 7.77. The van der Waals surface area contributed by atoms with E-state index in [1.807, 2.05) is 0 Å². The Bertz CT molecular complexity index is 390. The van der Waals surface area contributed by atoms with E-state index in [0.717, 1.165) is 11.8 Å². The van der Waals surface area contributed by atoms with Gasteiger partial charge in [-0.05, 0) is 73.0 Å². The maximum Gasteiger partial charge on any atom is 0.00987 e. The van der Waals surface area contributed by atoms with Gasteiger partial charge in [0.05, 0.1) is 0 Å². The predicted molar refractivity (Wildman–Crippen MR) is 89.0 cm³/mol. The van der Waals surface area contributed by atoms with Gasteiger partial charge in [-0.15, -0.1) is 0 Å². The lowest BCUT2D eigenvalue weighted by atomic mass is 9.39. The van der Waals surface area contributed by atoms with Crippen LogP contribution in [0.15, 0.2) is 0 Å². The van der Waals surface area contributed by atoms with Gasteiger partial charge in [-0.3, -0.25) is 0 Å². The number of rotatable bonds is 3. The summed E-state index contributed by atoms with van der Waals surface area (Å²) in [7, 11) is 0. The molecule has 0 saturated heterocycles. The Morgan fingerprint density at radius 3 is 2.10 bits per heavy atom. The topological polar surface area (TPSA) is 26.0 Å². The van der Waals surface area contributed by atoms with E-state index >= 15 is 0 Å². The summed E-state index contributed by atoms with van der Waals surface area (Å²) in [6, 6.07) is 0.489. The molecule has 0 aliphatic heterocycles. The molecule has 2 N–H and O–H groups in total. The van der Waals surface area contributed by atoms with Crippen LogP contribution in [0, 0.1) is 28.1 Å². The third kappa shape index (κ3) is 2.48. The lowest BCUT2D eigenvalue weighted by molar-refractivity contribution is -0.155. The molecule has 5 saturated carbocycles. The van der Waals surface area contributed by atoms with Crippen LogP contribution in [0.4, 0.5) is 0 Å². The Hall–Kier alpha value is -0.0400. The van der Waals surface area contributed by atoms with Gasteiger partial charge in [0.1, 0.15) is 0 Å². The van der Waals surface area contributed by atoms with Crippen molar-refractivity contribution in [2.45, 2.75) is 96.9 Å². The quantitative estimate of drug-likeness (QED) is 0.751. The molecular weight excluding hydrogens is 254 g/mol. The minimum absolute atomic E-state index is 0.489. The molecular formula is C20H35N. The van der Waals surface area contributed by atoms with Crippen LogP contribution in [0.5, 0.6) is 0 Å². The average Bonchev–Trinajstić information content (AvgIpc) is 2.35. The molecule has 0 aromatic carbocycles. The second-order valence-electron chi connectivity index (χ2n) is 10.3. The molecule has 0 aromatic heterocycles. The number of nitrogens with two attached hydrogens (primary N) is 1. The third-order valence-electron chi connectivity index (χ3n) is 7.77. The van der Waals surface area contributed by atoms with Crippen LogP contribution in [0.1, 0.15) is 90.9 Å². The Balaban J connectivity index is 1.53. The van der Waals surface area contributed by atoms with Crippen LogP contribution in [0.25, 0.3) is 0 Å². The van der Waals surface area contributed by atoms with E-state index in [9.17, 15) is 0 Å². The van der Waals surface area contributed by atoms with Gasteiger partial charge >= 0.3 is 0 Å². The van der Waals surface area contributed by atoms with Crippen LogP contribution in [0.2, 0.25) is 0 Å². The van der Waals surface area contributed by atoms with Gasteiger partial charge < -0.3 is 5.73 Å². The van der Waals surface area contributed by atoms with Crippen molar-refractivity contribution in [1.82, 2.24) is 0 Å². The molecule has 0 aromatic rings. The van der Waals surface area contributed by atoms with Gasteiger partial charge in [0.15, 0.2) is 0 Å².